The summed E-state index contributed by atoms with van der Waals surface area (Å²) in [5.74, 6) is 0.859. The van der Waals surface area contributed by atoms with Crippen molar-refractivity contribution in [2.45, 2.75) is 31.8 Å². The molecular weight excluding hydrogens is 370 g/mol. The van der Waals surface area contributed by atoms with Crippen LogP contribution in [0.15, 0.2) is 48.5 Å². The number of benzene rings is 2. The fourth-order valence-electron chi connectivity index (χ4n) is 4.01. The van der Waals surface area contributed by atoms with Gasteiger partial charge in [0, 0.05) is 49.6 Å². The van der Waals surface area contributed by atoms with Gasteiger partial charge in [0.15, 0.2) is 0 Å². The number of nitro groups is 1. The maximum Gasteiger partial charge on any atom is 0.269 e. The van der Waals surface area contributed by atoms with Gasteiger partial charge in [-0.25, -0.2) is 0 Å². The molecular formula is C22H25N3O4. The van der Waals surface area contributed by atoms with E-state index in [9.17, 15) is 14.9 Å². The van der Waals surface area contributed by atoms with Crippen LogP contribution in [0.3, 0.4) is 0 Å². The number of ether oxygens (including phenoxy) is 1. The van der Waals surface area contributed by atoms with E-state index in [2.05, 4.69) is 4.90 Å². The highest BCUT2D eigenvalue weighted by atomic mass is 16.6. The molecule has 0 unspecified atom stereocenters. The first kappa shape index (κ1) is 19.2. The standard InChI is InChI=1S/C22H25N3O4/c26-22(17-5-11-21(12-6-17)29-20-3-1-2-4-20)24-15-13-23(14-16-24)18-7-9-19(10-8-18)25(27)28/h5-12,20H,1-4,13-16H2. The molecule has 2 aliphatic rings. The van der Waals surface area contributed by atoms with Crippen LogP contribution in [-0.4, -0.2) is 48.0 Å². The molecule has 7 heteroatoms. The summed E-state index contributed by atoms with van der Waals surface area (Å²) >= 11 is 0. The van der Waals surface area contributed by atoms with Crippen LogP contribution in [-0.2, 0) is 0 Å². The molecule has 152 valence electrons. The molecule has 7 nitrogen and oxygen atoms in total. The van der Waals surface area contributed by atoms with Gasteiger partial charge in [-0.15, -0.1) is 0 Å². The molecule has 1 saturated heterocycles. The molecule has 1 aliphatic heterocycles. The fourth-order valence-corrected chi connectivity index (χ4v) is 4.01. The van der Waals surface area contributed by atoms with Gasteiger partial charge < -0.3 is 14.5 Å². The van der Waals surface area contributed by atoms with Gasteiger partial charge in [0.05, 0.1) is 11.0 Å². The van der Waals surface area contributed by atoms with Crippen molar-refractivity contribution < 1.29 is 14.5 Å². The molecule has 1 heterocycles. The number of carbonyl (C=O) groups excluding carboxylic acids is 1. The van der Waals surface area contributed by atoms with Gasteiger partial charge in [0.1, 0.15) is 5.75 Å². The quantitative estimate of drug-likeness (QED) is 0.567. The lowest BCUT2D eigenvalue weighted by atomic mass is 10.1. The van der Waals surface area contributed by atoms with Crippen molar-refractivity contribution in [2.24, 2.45) is 0 Å². The van der Waals surface area contributed by atoms with E-state index in [4.69, 9.17) is 4.74 Å². The Balaban J connectivity index is 1.32. The van der Waals surface area contributed by atoms with Crippen molar-refractivity contribution in [3.05, 3.63) is 64.2 Å². The predicted molar refractivity (Wildman–Crippen MR) is 111 cm³/mol. The zero-order valence-corrected chi connectivity index (χ0v) is 16.3. The average Bonchev–Trinajstić information content (AvgIpc) is 3.27. The van der Waals surface area contributed by atoms with Crippen molar-refractivity contribution >= 4 is 17.3 Å². The maximum atomic E-state index is 12.8. The Morgan fingerprint density at radius 1 is 0.931 bits per heavy atom. The van der Waals surface area contributed by atoms with E-state index in [-0.39, 0.29) is 11.6 Å². The number of rotatable bonds is 5. The SMILES string of the molecule is O=C(c1ccc(OC2CCCC2)cc1)N1CCN(c2ccc([N+](=O)[O-])cc2)CC1. The van der Waals surface area contributed by atoms with Crippen LogP contribution in [0, 0.1) is 10.1 Å². The van der Waals surface area contributed by atoms with Gasteiger partial charge in [-0.05, 0) is 62.1 Å². The molecule has 1 amide bonds. The smallest absolute Gasteiger partial charge is 0.269 e. The molecule has 2 aromatic rings. The van der Waals surface area contributed by atoms with Gasteiger partial charge in [-0.2, -0.15) is 0 Å². The number of nitro benzene ring substituents is 1. The molecule has 0 bridgehead atoms. The molecule has 1 saturated carbocycles. The molecule has 1 aliphatic carbocycles. The first-order valence-corrected chi connectivity index (χ1v) is 10.2. The van der Waals surface area contributed by atoms with Gasteiger partial charge in [0.25, 0.3) is 11.6 Å². The van der Waals surface area contributed by atoms with Crippen LogP contribution in [0.1, 0.15) is 36.0 Å². The minimum atomic E-state index is -0.398. The van der Waals surface area contributed by atoms with Crippen molar-refractivity contribution in [1.82, 2.24) is 4.90 Å². The topological polar surface area (TPSA) is 75.9 Å². The second-order valence-electron chi connectivity index (χ2n) is 7.60. The number of amides is 1. The van der Waals surface area contributed by atoms with Crippen LogP contribution in [0.5, 0.6) is 5.75 Å². The Labute approximate surface area is 170 Å². The summed E-state index contributed by atoms with van der Waals surface area (Å²) in [5.41, 5.74) is 1.70. The number of piperazine rings is 1. The summed E-state index contributed by atoms with van der Waals surface area (Å²) in [6.07, 6.45) is 4.99. The van der Waals surface area contributed by atoms with Gasteiger partial charge in [0.2, 0.25) is 0 Å². The molecule has 0 aromatic heterocycles. The summed E-state index contributed by atoms with van der Waals surface area (Å²) in [7, 11) is 0. The normalized spacial score (nSPS) is 17.4. The summed E-state index contributed by atoms with van der Waals surface area (Å²) in [6.45, 7) is 2.64. The van der Waals surface area contributed by atoms with Crippen molar-refractivity contribution in [3.8, 4) is 5.75 Å². The van der Waals surface area contributed by atoms with Gasteiger partial charge in [-0.3, -0.25) is 14.9 Å². The predicted octanol–water partition coefficient (Wildman–Crippen LogP) is 3.88. The van der Waals surface area contributed by atoms with Crippen LogP contribution in [0.25, 0.3) is 0 Å². The van der Waals surface area contributed by atoms with E-state index < -0.39 is 4.92 Å². The Kier molecular flexibility index (Phi) is 5.64. The zero-order chi connectivity index (χ0) is 20.2. The van der Waals surface area contributed by atoms with E-state index >= 15 is 0 Å². The third-order valence-electron chi connectivity index (χ3n) is 5.70. The highest BCUT2D eigenvalue weighted by Crippen LogP contribution is 2.25. The molecule has 0 spiro atoms. The molecule has 0 radical (unpaired) electrons. The first-order chi connectivity index (χ1) is 14.1. The monoisotopic (exact) mass is 395 g/mol. The summed E-state index contributed by atoms with van der Waals surface area (Å²) < 4.78 is 5.97. The number of non-ortho nitro benzene ring substituents is 1. The number of nitrogens with zero attached hydrogens (tertiary/aromatic N) is 3. The molecule has 2 fully saturated rings. The number of carbonyl (C=O) groups is 1. The number of hydrogen-bond acceptors (Lipinski definition) is 5. The van der Waals surface area contributed by atoms with E-state index in [1.807, 2.05) is 29.2 Å². The molecule has 2 aromatic carbocycles. The molecule has 0 atom stereocenters. The highest BCUT2D eigenvalue weighted by molar-refractivity contribution is 5.94. The third kappa shape index (κ3) is 4.50. The molecule has 29 heavy (non-hydrogen) atoms. The summed E-state index contributed by atoms with van der Waals surface area (Å²) in [5, 5.41) is 10.8. The summed E-state index contributed by atoms with van der Waals surface area (Å²) in [4.78, 5) is 27.2. The second kappa shape index (κ2) is 8.51. The van der Waals surface area contributed by atoms with Crippen LogP contribution >= 0.6 is 0 Å². The van der Waals surface area contributed by atoms with E-state index in [1.165, 1.54) is 25.0 Å². The van der Waals surface area contributed by atoms with E-state index in [1.54, 1.807) is 12.1 Å². The molecule has 4 rings (SSSR count). The zero-order valence-electron chi connectivity index (χ0n) is 16.3. The van der Waals surface area contributed by atoms with Crippen LogP contribution in [0.2, 0.25) is 0 Å². The second-order valence-corrected chi connectivity index (χ2v) is 7.60. The maximum absolute atomic E-state index is 12.8. The van der Waals surface area contributed by atoms with Crippen LogP contribution in [0.4, 0.5) is 11.4 Å². The van der Waals surface area contributed by atoms with Crippen molar-refractivity contribution in [3.63, 3.8) is 0 Å². The van der Waals surface area contributed by atoms with E-state index in [0.717, 1.165) is 24.3 Å². The molecule has 0 N–H and O–H groups in total. The lowest BCUT2D eigenvalue weighted by Gasteiger charge is -2.36. The van der Waals surface area contributed by atoms with Gasteiger partial charge in [-0.1, -0.05) is 0 Å². The highest BCUT2D eigenvalue weighted by Gasteiger charge is 2.23. The Morgan fingerprint density at radius 3 is 2.14 bits per heavy atom. The lowest BCUT2D eigenvalue weighted by Crippen LogP contribution is -2.48. The Bertz CT molecular complexity index is 853. The minimum absolute atomic E-state index is 0.0285. The third-order valence-corrected chi connectivity index (χ3v) is 5.70. The van der Waals surface area contributed by atoms with Crippen LogP contribution < -0.4 is 9.64 Å². The van der Waals surface area contributed by atoms with Gasteiger partial charge >= 0.3 is 0 Å². The number of anilines is 1. The minimum Gasteiger partial charge on any atom is -0.490 e. The van der Waals surface area contributed by atoms with Crippen molar-refractivity contribution in [1.29, 1.82) is 0 Å². The van der Waals surface area contributed by atoms with E-state index in [0.29, 0.717) is 37.8 Å². The average molecular weight is 395 g/mol. The Hall–Kier alpha value is -3.09. The first-order valence-electron chi connectivity index (χ1n) is 10.2. The number of hydrogen-bond donors (Lipinski definition) is 0. The fraction of sp³-hybridized carbons (Fsp3) is 0.409. The lowest BCUT2D eigenvalue weighted by molar-refractivity contribution is -0.384. The Morgan fingerprint density at radius 2 is 1.55 bits per heavy atom. The van der Waals surface area contributed by atoms with Crippen molar-refractivity contribution in [2.75, 3.05) is 31.1 Å². The largest absolute Gasteiger partial charge is 0.490 e. The summed E-state index contributed by atoms with van der Waals surface area (Å²) in [6, 6.07) is 14.0.